The van der Waals surface area contributed by atoms with Crippen molar-refractivity contribution in [3.05, 3.63) is 124 Å². The zero-order valence-corrected chi connectivity index (χ0v) is 27.2. The number of rotatable bonds is 14. The summed E-state index contributed by atoms with van der Waals surface area (Å²) in [4.78, 5) is 0. The highest BCUT2D eigenvalue weighted by molar-refractivity contribution is 6.31. The van der Waals surface area contributed by atoms with Gasteiger partial charge in [-0.15, -0.1) is 0 Å². The molecule has 46 heavy (non-hydrogen) atoms. The van der Waals surface area contributed by atoms with Crippen molar-refractivity contribution in [1.82, 2.24) is 0 Å². The number of hydrogen-bond acceptors (Lipinski definition) is 6. The fraction of sp³-hybridized carbons (Fsp3) is 0.436. The second-order valence-corrected chi connectivity index (χ2v) is 13.2. The molecule has 2 N–H and O–H groups in total. The number of aliphatic hydroxyl groups is 2. The first-order valence-corrected chi connectivity index (χ1v) is 16.9. The summed E-state index contributed by atoms with van der Waals surface area (Å²) in [6.07, 6.45) is 5.82. The first-order valence-electron chi connectivity index (χ1n) is 16.5. The Hall–Kier alpha value is -2.97. The molecular weight excluding hydrogens is 600 g/mol. The Balaban J connectivity index is 1.29. The van der Waals surface area contributed by atoms with Crippen LogP contribution in [0, 0.1) is 11.8 Å². The Kier molecular flexibility index (Phi) is 11.0. The quantitative estimate of drug-likeness (QED) is 0.194. The maximum atomic E-state index is 10.7. The Morgan fingerprint density at radius 1 is 0.891 bits per heavy atom. The van der Waals surface area contributed by atoms with Gasteiger partial charge >= 0.3 is 0 Å². The maximum absolute atomic E-state index is 10.7. The zero-order chi connectivity index (χ0) is 31.9. The van der Waals surface area contributed by atoms with Crippen LogP contribution in [0.5, 0.6) is 5.75 Å². The number of hydrogen-bond donors (Lipinski definition) is 2. The predicted molar refractivity (Wildman–Crippen MR) is 180 cm³/mol. The van der Waals surface area contributed by atoms with E-state index in [2.05, 4.69) is 42.5 Å². The average molecular weight is 645 g/mol. The summed E-state index contributed by atoms with van der Waals surface area (Å²) < 4.78 is 26.4. The molecule has 3 aliphatic rings. The van der Waals surface area contributed by atoms with Crippen molar-refractivity contribution in [3.8, 4) is 5.75 Å². The number of ether oxygens (including phenoxy) is 4. The second-order valence-electron chi connectivity index (χ2n) is 12.8. The second kappa shape index (κ2) is 15.3. The standard InChI is InChI=1S/C39H45ClO6/c1-2-43-33-16-13-27(14-17-33)21-31-22-30(15-18-35(31)40)36-38(45-26-29-11-7-4-8-12-29)37(44-25-28-9-5-3-6-10-28)34-19-20-39(34,46-36)23-32(42)24-41/h3-18,30,32,34,36-38,41-42H,2,19-26H2,1H3. The third-order valence-corrected chi connectivity index (χ3v) is 10.1. The highest BCUT2D eigenvalue weighted by Gasteiger charge is 2.61. The number of aliphatic hydroxyl groups excluding tert-OH is 2. The van der Waals surface area contributed by atoms with Gasteiger partial charge in [0.1, 0.15) is 11.9 Å². The van der Waals surface area contributed by atoms with Gasteiger partial charge < -0.3 is 29.2 Å². The number of fused-ring (bicyclic) bond motifs is 1. The van der Waals surface area contributed by atoms with Gasteiger partial charge in [-0.3, -0.25) is 0 Å². The van der Waals surface area contributed by atoms with E-state index in [0.29, 0.717) is 32.7 Å². The van der Waals surface area contributed by atoms with Crippen LogP contribution in [0.3, 0.4) is 0 Å². The third kappa shape index (κ3) is 7.60. The van der Waals surface area contributed by atoms with Crippen LogP contribution < -0.4 is 4.74 Å². The fourth-order valence-electron chi connectivity index (χ4n) is 7.30. The van der Waals surface area contributed by atoms with E-state index in [4.69, 9.17) is 30.5 Å². The van der Waals surface area contributed by atoms with Crippen LogP contribution in [0.25, 0.3) is 0 Å². The first-order chi connectivity index (χ1) is 22.5. The van der Waals surface area contributed by atoms with Crippen LogP contribution >= 0.6 is 11.6 Å². The van der Waals surface area contributed by atoms with Gasteiger partial charge in [-0.2, -0.15) is 0 Å². The van der Waals surface area contributed by atoms with Crippen LogP contribution in [-0.4, -0.2) is 53.4 Å². The lowest BCUT2D eigenvalue weighted by molar-refractivity contribution is -0.318. The Morgan fingerprint density at radius 2 is 1.54 bits per heavy atom. The molecule has 0 radical (unpaired) electrons. The summed E-state index contributed by atoms with van der Waals surface area (Å²) in [5, 5.41) is 21.3. The highest BCUT2D eigenvalue weighted by Crippen LogP contribution is 2.55. The summed E-state index contributed by atoms with van der Waals surface area (Å²) in [7, 11) is 0. The SMILES string of the molecule is CCOc1ccc(CC2=C(Cl)C=CC(C3OC4(CC(O)CO)CCC4C(OCc4ccccc4)C3OCc3ccccc3)C2)cc1. The van der Waals surface area contributed by atoms with Gasteiger partial charge in [-0.25, -0.2) is 0 Å². The van der Waals surface area contributed by atoms with Crippen molar-refractivity contribution >= 4 is 11.6 Å². The number of halogens is 1. The van der Waals surface area contributed by atoms with E-state index in [9.17, 15) is 10.2 Å². The van der Waals surface area contributed by atoms with E-state index in [1.54, 1.807) is 0 Å². The number of allylic oxidation sites excluding steroid dienone is 3. The Bertz CT molecular complexity index is 1460. The molecule has 1 saturated heterocycles. The molecule has 7 unspecified atom stereocenters. The van der Waals surface area contributed by atoms with Crippen molar-refractivity contribution in [2.45, 2.75) is 82.3 Å². The van der Waals surface area contributed by atoms with Gasteiger partial charge in [-0.05, 0) is 73.1 Å². The van der Waals surface area contributed by atoms with Crippen molar-refractivity contribution in [3.63, 3.8) is 0 Å². The topological polar surface area (TPSA) is 77.4 Å². The van der Waals surface area contributed by atoms with E-state index in [1.807, 2.05) is 61.5 Å². The lowest BCUT2D eigenvalue weighted by Crippen LogP contribution is -2.69. The van der Waals surface area contributed by atoms with Crippen LogP contribution in [-0.2, 0) is 33.8 Å². The zero-order valence-electron chi connectivity index (χ0n) is 26.5. The molecule has 1 aliphatic heterocycles. The lowest BCUT2D eigenvalue weighted by Gasteiger charge is -2.61. The van der Waals surface area contributed by atoms with Crippen molar-refractivity contribution < 1.29 is 29.2 Å². The minimum Gasteiger partial charge on any atom is -0.494 e. The summed E-state index contributed by atoms with van der Waals surface area (Å²) in [6, 6.07) is 28.6. The Labute approximate surface area is 277 Å². The molecule has 3 aromatic carbocycles. The molecule has 7 atom stereocenters. The highest BCUT2D eigenvalue weighted by atomic mass is 35.5. The molecule has 7 heteroatoms. The fourth-order valence-corrected chi connectivity index (χ4v) is 7.52. The monoisotopic (exact) mass is 644 g/mol. The van der Waals surface area contributed by atoms with Gasteiger partial charge in [-0.1, -0.05) is 90.5 Å². The molecular formula is C39H45ClO6. The van der Waals surface area contributed by atoms with Gasteiger partial charge in [0, 0.05) is 23.3 Å². The largest absolute Gasteiger partial charge is 0.494 e. The minimum absolute atomic E-state index is 0.0199. The molecule has 6 rings (SSSR count). The van der Waals surface area contributed by atoms with Gasteiger partial charge in [0.2, 0.25) is 0 Å². The third-order valence-electron chi connectivity index (χ3n) is 9.72. The summed E-state index contributed by atoms with van der Waals surface area (Å²) in [5.41, 5.74) is 3.89. The van der Waals surface area contributed by atoms with Crippen LogP contribution in [0.15, 0.2) is 108 Å². The molecule has 244 valence electrons. The summed E-state index contributed by atoms with van der Waals surface area (Å²) in [5.74, 6) is 0.867. The molecule has 1 heterocycles. The molecule has 2 fully saturated rings. The Morgan fingerprint density at radius 3 is 2.13 bits per heavy atom. The molecule has 0 amide bonds. The maximum Gasteiger partial charge on any atom is 0.119 e. The lowest BCUT2D eigenvalue weighted by atomic mass is 9.60. The van der Waals surface area contributed by atoms with Gasteiger partial charge in [0.25, 0.3) is 0 Å². The van der Waals surface area contributed by atoms with Crippen molar-refractivity contribution in [1.29, 1.82) is 0 Å². The van der Waals surface area contributed by atoms with E-state index in [1.165, 1.54) is 0 Å². The smallest absolute Gasteiger partial charge is 0.119 e. The van der Waals surface area contributed by atoms with Crippen molar-refractivity contribution in [2.24, 2.45) is 11.8 Å². The molecule has 0 spiro atoms. The predicted octanol–water partition coefficient (Wildman–Crippen LogP) is 7.16. The van der Waals surface area contributed by atoms with E-state index in [-0.39, 0.29) is 36.8 Å². The molecule has 0 bridgehead atoms. The van der Waals surface area contributed by atoms with Crippen LogP contribution in [0.2, 0.25) is 0 Å². The molecule has 0 aromatic heterocycles. The van der Waals surface area contributed by atoms with E-state index in [0.717, 1.165) is 52.3 Å². The molecule has 1 saturated carbocycles. The van der Waals surface area contributed by atoms with Crippen LogP contribution in [0.1, 0.15) is 49.3 Å². The van der Waals surface area contributed by atoms with Crippen molar-refractivity contribution in [2.75, 3.05) is 13.2 Å². The normalized spacial score (nSPS) is 28.0. The van der Waals surface area contributed by atoms with E-state index >= 15 is 0 Å². The van der Waals surface area contributed by atoms with Gasteiger partial charge in [0.05, 0.1) is 50.3 Å². The van der Waals surface area contributed by atoms with Gasteiger partial charge in [0.15, 0.2) is 0 Å². The van der Waals surface area contributed by atoms with Crippen LogP contribution in [0.4, 0.5) is 0 Å². The minimum atomic E-state index is -0.869. The average Bonchev–Trinajstić information content (AvgIpc) is 3.08. The number of benzene rings is 3. The summed E-state index contributed by atoms with van der Waals surface area (Å²) in [6.45, 7) is 3.19. The first kappa shape index (κ1) is 33.0. The molecule has 6 nitrogen and oxygen atoms in total. The summed E-state index contributed by atoms with van der Waals surface area (Å²) >= 11 is 6.83. The van der Waals surface area contributed by atoms with E-state index < -0.39 is 11.7 Å². The molecule has 2 aliphatic carbocycles. The molecule has 3 aromatic rings.